The third-order valence-corrected chi connectivity index (χ3v) is 4.37. The van der Waals surface area contributed by atoms with Crippen molar-refractivity contribution in [2.24, 2.45) is 0 Å². The quantitative estimate of drug-likeness (QED) is 0.707. The molecule has 0 radical (unpaired) electrons. The van der Waals surface area contributed by atoms with Gasteiger partial charge in [0.25, 0.3) is 0 Å². The number of benzene rings is 1. The largest absolute Gasteiger partial charge is 0.375 e. The normalized spacial score (nSPS) is 16.5. The van der Waals surface area contributed by atoms with Crippen molar-refractivity contribution in [2.75, 3.05) is 33.3 Å². The zero-order valence-electron chi connectivity index (χ0n) is 13.4. The van der Waals surface area contributed by atoms with Gasteiger partial charge in [-0.1, -0.05) is 49.6 Å². The van der Waals surface area contributed by atoms with E-state index in [2.05, 4.69) is 34.5 Å². The van der Waals surface area contributed by atoms with Crippen LogP contribution in [0.5, 0.6) is 0 Å². The van der Waals surface area contributed by atoms with Crippen molar-refractivity contribution >= 4 is 0 Å². The van der Waals surface area contributed by atoms with Crippen LogP contribution in [0.15, 0.2) is 30.3 Å². The molecule has 0 unspecified atom stereocenters. The van der Waals surface area contributed by atoms with Crippen LogP contribution in [-0.4, -0.2) is 44.2 Å². The van der Waals surface area contributed by atoms with Crippen LogP contribution in [0, 0.1) is 0 Å². The maximum absolute atomic E-state index is 5.86. The number of likely N-dealkylation sites (N-methyl/N-ethyl adjacent to an activating group) is 1. The molecule has 1 saturated carbocycles. The van der Waals surface area contributed by atoms with Crippen molar-refractivity contribution in [3.05, 3.63) is 35.9 Å². The Bertz CT molecular complexity index is 363. The Kier molecular flexibility index (Phi) is 7.79. The van der Waals surface area contributed by atoms with Crippen LogP contribution in [0.3, 0.4) is 0 Å². The summed E-state index contributed by atoms with van der Waals surface area (Å²) >= 11 is 0. The van der Waals surface area contributed by atoms with E-state index in [4.69, 9.17) is 4.74 Å². The number of rotatable bonds is 9. The molecular formula is C18H30N2O. The Labute approximate surface area is 129 Å². The summed E-state index contributed by atoms with van der Waals surface area (Å²) in [6, 6.07) is 11.2. The number of hydrogen-bond acceptors (Lipinski definition) is 3. The lowest BCUT2D eigenvalue weighted by Gasteiger charge is -2.34. The van der Waals surface area contributed by atoms with Gasteiger partial charge < -0.3 is 10.1 Å². The minimum atomic E-state index is 0.728. The second-order valence-corrected chi connectivity index (χ2v) is 5.97. The summed E-state index contributed by atoms with van der Waals surface area (Å²) in [6.07, 6.45) is 6.93. The summed E-state index contributed by atoms with van der Waals surface area (Å²) in [5.41, 5.74) is 1.26. The smallest absolute Gasteiger partial charge is 0.0717 e. The molecule has 3 nitrogen and oxygen atoms in total. The lowest BCUT2D eigenvalue weighted by molar-refractivity contribution is 0.0688. The van der Waals surface area contributed by atoms with E-state index in [0.29, 0.717) is 0 Å². The van der Waals surface area contributed by atoms with E-state index in [9.17, 15) is 0 Å². The highest BCUT2D eigenvalue weighted by Crippen LogP contribution is 2.22. The van der Waals surface area contributed by atoms with Crippen LogP contribution < -0.4 is 5.32 Å². The summed E-state index contributed by atoms with van der Waals surface area (Å²) in [6.45, 7) is 4.81. The lowest BCUT2D eigenvalue weighted by atomic mass is 9.94. The first-order chi connectivity index (χ1) is 10.4. The van der Waals surface area contributed by atoms with Gasteiger partial charge in [0.05, 0.1) is 13.2 Å². The van der Waals surface area contributed by atoms with E-state index in [1.807, 2.05) is 13.1 Å². The van der Waals surface area contributed by atoms with Crippen molar-refractivity contribution in [2.45, 2.75) is 44.8 Å². The van der Waals surface area contributed by atoms with Gasteiger partial charge >= 0.3 is 0 Å². The Morgan fingerprint density at radius 2 is 1.86 bits per heavy atom. The highest BCUT2D eigenvalue weighted by molar-refractivity contribution is 5.13. The molecule has 0 saturated heterocycles. The van der Waals surface area contributed by atoms with Crippen molar-refractivity contribution < 1.29 is 4.74 Å². The molecule has 0 bridgehead atoms. The van der Waals surface area contributed by atoms with Gasteiger partial charge in [0, 0.05) is 25.7 Å². The van der Waals surface area contributed by atoms with E-state index < -0.39 is 0 Å². The number of ether oxygens (including phenoxy) is 1. The average Bonchev–Trinajstić information content (AvgIpc) is 2.56. The fraction of sp³-hybridized carbons (Fsp3) is 0.667. The van der Waals surface area contributed by atoms with E-state index >= 15 is 0 Å². The highest BCUT2D eigenvalue weighted by Gasteiger charge is 2.20. The molecule has 118 valence electrons. The van der Waals surface area contributed by atoms with E-state index in [1.165, 1.54) is 37.7 Å². The van der Waals surface area contributed by atoms with Gasteiger partial charge in [-0.05, 0) is 25.5 Å². The third kappa shape index (κ3) is 6.16. The molecule has 1 aliphatic carbocycles. The molecule has 21 heavy (non-hydrogen) atoms. The monoisotopic (exact) mass is 290 g/mol. The maximum Gasteiger partial charge on any atom is 0.0717 e. The molecule has 0 spiro atoms. The van der Waals surface area contributed by atoms with Gasteiger partial charge in [-0.2, -0.15) is 0 Å². The van der Waals surface area contributed by atoms with Crippen LogP contribution in [0.4, 0.5) is 0 Å². The predicted octanol–water partition coefficient (Wildman–Crippen LogP) is 3.06. The SMILES string of the molecule is CNCCN(CCOCc1ccccc1)C1CCCCC1. The Morgan fingerprint density at radius 3 is 2.57 bits per heavy atom. The summed E-state index contributed by atoms with van der Waals surface area (Å²) in [4.78, 5) is 2.63. The van der Waals surface area contributed by atoms with Crippen molar-refractivity contribution in [3.8, 4) is 0 Å². The minimum Gasteiger partial charge on any atom is -0.375 e. The molecule has 0 heterocycles. The van der Waals surface area contributed by atoms with Gasteiger partial charge in [-0.15, -0.1) is 0 Å². The topological polar surface area (TPSA) is 24.5 Å². The van der Waals surface area contributed by atoms with E-state index in [-0.39, 0.29) is 0 Å². The summed E-state index contributed by atoms with van der Waals surface area (Å²) in [5.74, 6) is 0. The van der Waals surface area contributed by atoms with Gasteiger partial charge in [-0.3, -0.25) is 4.90 Å². The predicted molar refractivity (Wildman–Crippen MR) is 88.5 cm³/mol. The zero-order valence-corrected chi connectivity index (χ0v) is 13.4. The number of nitrogens with zero attached hydrogens (tertiary/aromatic N) is 1. The van der Waals surface area contributed by atoms with Crippen LogP contribution in [-0.2, 0) is 11.3 Å². The highest BCUT2D eigenvalue weighted by atomic mass is 16.5. The van der Waals surface area contributed by atoms with Gasteiger partial charge in [0.2, 0.25) is 0 Å². The van der Waals surface area contributed by atoms with Crippen molar-refractivity contribution in [3.63, 3.8) is 0 Å². The van der Waals surface area contributed by atoms with Gasteiger partial charge in [0.15, 0.2) is 0 Å². The van der Waals surface area contributed by atoms with Crippen LogP contribution >= 0.6 is 0 Å². The van der Waals surface area contributed by atoms with E-state index in [0.717, 1.165) is 38.9 Å². The zero-order chi connectivity index (χ0) is 14.8. The lowest BCUT2D eigenvalue weighted by Crippen LogP contribution is -2.42. The Balaban J connectivity index is 1.70. The first-order valence-electron chi connectivity index (χ1n) is 8.40. The Morgan fingerprint density at radius 1 is 1.10 bits per heavy atom. The molecule has 0 aliphatic heterocycles. The van der Waals surface area contributed by atoms with Crippen molar-refractivity contribution in [1.29, 1.82) is 0 Å². The van der Waals surface area contributed by atoms with Crippen LogP contribution in [0.1, 0.15) is 37.7 Å². The molecule has 1 aromatic carbocycles. The fourth-order valence-corrected chi connectivity index (χ4v) is 3.12. The van der Waals surface area contributed by atoms with Gasteiger partial charge in [-0.25, -0.2) is 0 Å². The molecule has 3 heteroatoms. The van der Waals surface area contributed by atoms with Gasteiger partial charge in [0.1, 0.15) is 0 Å². The van der Waals surface area contributed by atoms with Crippen molar-refractivity contribution in [1.82, 2.24) is 10.2 Å². The Hall–Kier alpha value is -0.900. The molecule has 0 aromatic heterocycles. The molecular weight excluding hydrogens is 260 g/mol. The van der Waals surface area contributed by atoms with E-state index in [1.54, 1.807) is 0 Å². The second kappa shape index (κ2) is 9.93. The second-order valence-electron chi connectivity index (χ2n) is 5.97. The molecule has 1 aromatic rings. The minimum absolute atomic E-state index is 0.728. The first kappa shape index (κ1) is 16.5. The molecule has 0 amide bonds. The maximum atomic E-state index is 5.86. The molecule has 1 aliphatic rings. The number of nitrogens with one attached hydrogen (secondary N) is 1. The molecule has 1 N–H and O–H groups in total. The standard InChI is InChI=1S/C18H30N2O/c1-19-12-13-20(18-10-6-3-7-11-18)14-15-21-16-17-8-4-2-5-9-17/h2,4-5,8-9,18-19H,3,6-7,10-16H2,1H3. The average molecular weight is 290 g/mol. The van der Waals surface area contributed by atoms with Crippen LogP contribution in [0.2, 0.25) is 0 Å². The molecule has 1 fully saturated rings. The summed E-state index contributed by atoms with van der Waals surface area (Å²) in [7, 11) is 2.03. The van der Waals surface area contributed by atoms with Crippen LogP contribution in [0.25, 0.3) is 0 Å². The fourth-order valence-electron chi connectivity index (χ4n) is 3.12. The summed E-state index contributed by atoms with van der Waals surface area (Å²) < 4.78 is 5.86. The molecule has 2 rings (SSSR count). The third-order valence-electron chi connectivity index (χ3n) is 4.37. The summed E-state index contributed by atoms with van der Waals surface area (Å²) in [5, 5.41) is 3.27. The molecule has 0 atom stereocenters. The number of hydrogen-bond donors (Lipinski definition) is 1. The first-order valence-corrected chi connectivity index (χ1v) is 8.40.